The molecule has 5 rings (SSSR count). The Kier molecular flexibility index (Phi) is 13.2. The molecule has 1 aliphatic carbocycles. The smallest absolute Gasteiger partial charge is 0.490 e. The standard InChI is InChI=1S/C32H36ClF2N3O4S.C2HF3O2/c33-27-12-8-25(9-13-27)24-6-10-26(11-7-24)32(34,35)30(31(39)38-20-18-36-19-21-38)37-43(40,41)29-16-14-28(15-17-29)42-22-23-4-2-1-3-5-23;3-2(4,5)1(6)7/h6-17,23,30,36-37H,1-5,18-22H2;(H,6,7). The van der Waals surface area contributed by atoms with Gasteiger partial charge >= 0.3 is 12.1 Å². The molecule has 9 nitrogen and oxygen atoms in total. The molecule has 0 aromatic heterocycles. The van der Waals surface area contributed by atoms with Crippen molar-refractivity contribution in [3.8, 4) is 16.9 Å². The number of amides is 1. The fourth-order valence-electron chi connectivity index (χ4n) is 5.55. The van der Waals surface area contributed by atoms with Crippen molar-refractivity contribution in [2.24, 2.45) is 5.92 Å². The minimum Gasteiger partial charge on any atom is -0.493 e. The number of halogens is 6. The van der Waals surface area contributed by atoms with Gasteiger partial charge < -0.3 is 20.1 Å². The average molecular weight is 746 g/mol. The van der Waals surface area contributed by atoms with E-state index in [9.17, 15) is 26.4 Å². The van der Waals surface area contributed by atoms with E-state index in [1.165, 1.54) is 72.7 Å². The normalized spacial score (nSPS) is 16.6. The summed E-state index contributed by atoms with van der Waals surface area (Å²) in [6.07, 6.45) is 0.736. The number of carbonyl (C=O) groups excluding carboxylic acids is 1. The molecule has 2 aliphatic rings. The van der Waals surface area contributed by atoms with Gasteiger partial charge in [-0.2, -0.15) is 26.7 Å². The number of rotatable bonds is 10. The summed E-state index contributed by atoms with van der Waals surface area (Å²) >= 11 is 5.96. The van der Waals surface area contributed by atoms with Crippen LogP contribution in [0, 0.1) is 5.92 Å². The first-order chi connectivity index (χ1) is 23.6. The van der Waals surface area contributed by atoms with Gasteiger partial charge in [-0.1, -0.05) is 67.3 Å². The topological polar surface area (TPSA) is 125 Å². The highest BCUT2D eigenvalue weighted by Crippen LogP contribution is 2.35. The van der Waals surface area contributed by atoms with Crippen LogP contribution in [0.15, 0.2) is 77.7 Å². The number of alkyl halides is 5. The molecule has 16 heteroatoms. The molecule has 3 N–H and O–H groups in total. The molecule has 3 aromatic rings. The molecule has 1 aliphatic heterocycles. The Hall–Kier alpha value is -3.79. The SMILES string of the molecule is O=C(C(NS(=O)(=O)c1ccc(OCC2CCCCC2)cc1)C(F)(F)c1ccc(-c2ccc(Cl)cc2)cc1)N1CCNCC1.O=C(O)C(F)(F)F. The van der Waals surface area contributed by atoms with Crippen LogP contribution >= 0.6 is 11.6 Å². The Labute approximate surface area is 291 Å². The largest absolute Gasteiger partial charge is 0.493 e. The molecule has 0 bridgehead atoms. The van der Waals surface area contributed by atoms with Crippen molar-refractivity contribution in [2.45, 2.75) is 55.1 Å². The van der Waals surface area contributed by atoms with Gasteiger partial charge in [0.05, 0.1) is 11.5 Å². The van der Waals surface area contributed by atoms with E-state index in [-0.39, 0.29) is 18.0 Å². The van der Waals surface area contributed by atoms with E-state index in [1.807, 2.05) is 0 Å². The Morgan fingerprint density at radius 3 is 1.92 bits per heavy atom. The summed E-state index contributed by atoms with van der Waals surface area (Å²) in [5.74, 6) is -6.62. The summed E-state index contributed by atoms with van der Waals surface area (Å²) in [4.78, 5) is 23.4. The van der Waals surface area contributed by atoms with Crippen LogP contribution in [0.2, 0.25) is 5.02 Å². The van der Waals surface area contributed by atoms with E-state index in [2.05, 4.69) is 10.0 Å². The van der Waals surface area contributed by atoms with Gasteiger partial charge in [0.15, 0.2) is 6.04 Å². The number of piperazine rings is 1. The van der Waals surface area contributed by atoms with Gasteiger partial charge in [-0.25, -0.2) is 13.2 Å². The van der Waals surface area contributed by atoms with Crippen molar-refractivity contribution in [3.63, 3.8) is 0 Å². The van der Waals surface area contributed by atoms with Crippen LogP contribution in [-0.2, 0) is 25.5 Å². The quantitative estimate of drug-likeness (QED) is 0.203. The number of hydrogen-bond acceptors (Lipinski definition) is 6. The van der Waals surface area contributed by atoms with Gasteiger partial charge in [-0.15, -0.1) is 0 Å². The Balaban J connectivity index is 0.000000727. The lowest BCUT2D eigenvalue weighted by atomic mass is 9.90. The lowest BCUT2D eigenvalue weighted by molar-refractivity contribution is -0.192. The van der Waals surface area contributed by atoms with E-state index >= 15 is 8.78 Å². The molecule has 1 amide bonds. The van der Waals surface area contributed by atoms with Crippen LogP contribution < -0.4 is 14.8 Å². The Morgan fingerprint density at radius 1 is 0.880 bits per heavy atom. The number of carboxylic acid groups (broad SMARTS) is 1. The second kappa shape index (κ2) is 16.9. The second-order valence-corrected chi connectivity index (χ2v) is 14.1. The lowest BCUT2D eigenvalue weighted by Crippen LogP contribution is -2.59. The summed E-state index contributed by atoms with van der Waals surface area (Å²) < 4.78 is 98.8. The summed E-state index contributed by atoms with van der Waals surface area (Å²) in [6, 6.07) is 15.7. The molecule has 0 spiro atoms. The summed E-state index contributed by atoms with van der Waals surface area (Å²) in [7, 11) is -4.50. The highest BCUT2D eigenvalue weighted by molar-refractivity contribution is 7.89. The molecule has 1 atom stereocenters. The summed E-state index contributed by atoms with van der Waals surface area (Å²) in [5, 5.41) is 10.8. The van der Waals surface area contributed by atoms with Gasteiger partial charge in [-0.3, -0.25) is 4.79 Å². The van der Waals surface area contributed by atoms with Crippen molar-refractivity contribution >= 4 is 33.5 Å². The molecule has 0 radical (unpaired) electrons. The summed E-state index contributed by atoms with van der Waals surface area (Å²) in [5.41, 5.74) is 0.972. The molecule has 272 valence electrons. The lowest BCUT2D eigenvalue weighted by Gasteiger charge is -2.34. The number of carboxylic acids is 1. The molecular formula is C34H37ClF5N3O6S. The van der Waals surface area contributed by atoms with Crippen molar-refractivity contribution < 1.29 is 49.8 Å². The van der Waals surface area contributed by atoms with Gasteiger partial charge in [0.1, 0.15) is 5.75 Å². The van der Waals surface area contributed by atoms with E-state index in [4.69, 9.17) is 26.2 Å². The molecular weight excluding hydrogens is 709 g/mol. The first kappa shape index (κ1) is 39.0. The predicted octanol–water partition coefficient (Wildman–Crippen LogP) is 6.47. The monoisotopic (exact) mass is 745 g/mol. The molecule has 1 unspecified atom stereocenters. The number of sulfonamides is 1. The Morgan fingerprint density at radius 2 is 1.40 bits per heavy atom. The van der Waals surface area contributed by atoms with Gasteiger partial charge in [0.2, 0.25) is 15.9 Å². The van der Waals surface area contributed by atoms with Gasteiger partial charge in [0.25, 0.3) is 5.92 Å². The van der Waals surface area contributed by atoms with E-state index in [0.29, 0.717) is 41.9 Å². The minimum absolute atomic E-state index is 0.190. The zero-order valence-electron chi connectivity index (χ0n) is 26.8. The number of nitrogens with one attached hydrogen (secondary N) is 2. The van der Waals surface area contributed by atoms with Gasteiger partial charge in [-0.05, 0) is 66.3 Å². The maximum absolute atomic E-state index is 16.2. The third kappa shape index (κ3) is 10.6. The van der Waals surface area contributed by atoms with E-state index in [1.54, 1.807) is 24.3 Å². The van der Waals surface area contributed by atoms with Crippen LogP contribution in [-0.4, -0.2) is 75.3 Å². The number of ether oxygens (including phenoxy) is 1. The van der Waals surface area contributed by atoms with E-state index < -0.39 is 45.6 Å². The van der Waals surface area contributed by atoms with Crippen LogP contribution in [0.25, 0.3) is 11.1 Å². The molecule has 1 saturated carbocycles. The third-order valence-corrected chi connectivity index (χ3v) is 10.0. The zero-order valence-corrected chi connectivity index (χ0v) is 28.3. The van der Waals surface area contributed by atoms with Crippen LogP contribution in [0.3, 0.4) is 0 Å². The minimum atomic E-state index is -5.08. The first-order valence-corrected chi connectivity index (χ1v) is 17.7. The van der Waals surface area contributed by atoms with Crippen LogP contribution in [0.1, 0.15) is 37.7 Å². The third-order valence-electron chi connectivity index (χ3n) is 8.35. The second-order valence-electron chi connectivity index (χ2n) is 11.9. The van der Waals surface area contributed by atoms with Crippen molar-refractivity contribution in [1.82, 2.24) is 14.9 Å². The fourth-order valence-corrected chi connectivity index (χ4v) is 6.86. The van der Waals surface area contributed by atoms with Crippen molar-refractivity contribution in [1.29, 1.82) is 0 Å². The first-order valence-electron chi connectivity index (χ1n) is 15.9. The maximum Gasteiger partial charge on any atom is 0.490 e. The molecule has 50 heavy (non-hydrogen) atoms. The number of aliphatic carboxylic acids is 1. The summed E-state index contributed by atoms with van der Waals surface area (Å²) in [6.45, 7) is 1.78. The van der Waals surface area contributed by atoms with Gasteiger partial charge in [0, 0.05) is 36.8 Å². The van der Waals surface area contributed by atoms with Crippen LogP contribution in [0.4, 0.5) is 22.0 Å². The van der Waals surface area contributed by atoms with Crippen molar-refractivity contribution in [2.75, 3.05) is 32.8 Å². The zero-order chi connectivity index (χ0) is 36.5. The molecule has 1 heterocycles. The average Bonchev–Trinajstić information content (AvgIpc) is 3.10. The maximum atomic E-state index is 16.2. The fraction of sp³-hybridized carbons (Fsp3) is 0.412. The Bertz CT molecular complexity index is 1680. The number of hydrogen-bond donors (Lipinski definition) is 3. The van der Waals surface area contributed by atoms with E-state index in [0.717, 1.165) is 18.4 Å². The van der Waals surface area contributed by atoms with Crippen LogP contribution in [0.5, 0.6) is 5.75 Å². The highest BCUT2D eigenvalue weighted by atomic mass is 35.5. The predicted molar refractivity (Wildman–Crippen MR) is 177 cm³/mol. The number of benzene rings is 3. The molecule has 2 fully saturated rings. The van der Waals surface area contributed by atoms with Crippen molar-refractivity contribution in [3.05, 3.63) is 83.4 Å². The molecule has 1 saturated heterocycles. The number of carbonyl (C=O) groups is 2. The number of nitrogens with zero attached hydrogens (tertiary/aromatic N) is 1. The molecule has 3 aromatic carbocycles. The highest BCUT2D eigenvalue weighted by Gasteiger charge is 2.49.